The van der Waals surface area contributed by atoms with Crippen molar-refractivity contribution in [3.8, 4) is 0 Å². The van der Waals surface area contributed by atoms with Gasteiger partial charge in [0.2, 0.25) is 0 Å². The number of nitrogens with one attached hydrogen (secondary N) is 1. The quantitative estimate of drug-likeness (QED) is 0.878. The van der Waals surface area contributed by atoms with Crippen molar-refractivity contribution in [2.24, 2.45) is 0 Å². The van der Waals surface area contributed by atoms with Crippen molar-refractivity contribution in [3.05, 3.63) is 36.3 Å². The predicted molar refractivity (Wildman–Crippen MR) is 78.2 cm³/mol. The van der Waals surface area contributed by atoms with Crippen LogP contribution < -0.4 is 4.90 Å². The molecule has 112 valence electrons. The first-order chi connectivity index (χ1) is 10.3. The molecule has 2 aromatic heterocycles. The Morgan fingerprint density at radius 1 is 1.38 bits per heavy atom. The highest BCUT2D eigenvalue weighted by Gasteiger charge is 2.24. The summed E-state index contributed by atoms with van der Waals surface area (Å²) in [7, 11) is 0. The van der Waals surface area contributed by atoms with Crippen LogP contribution in [0.15, 0.2) is 30.6 Å². The van der Waals surface area contributed by atoms with Gasteiger partial charge in [0.1, 0.15) is 17.9 Å². The lowest BCUT2D eigenvalue weighted by molar-refractivity contribution is -0.917. The summed E-state index contributed by atoms with van der Waals surface area (Å²) in [4.78, 5) is 19.5. The summed E-state index contributed by atoms with van der Waals surface area (Å²) in [6, 6.07) is 6.01. The molecule has 1 N–H and O–H groups in total. The minimum Gasteiger partial charge on any atom is -0.450 e. The fraction of sp³-hybridized carbons (Fsp3) is 0.467. The molecule has 3 heterocycles. The molecule has 1 fully saturated rings. The molecule has 0 saturated carbocycles. The van der Waals surface area contributed by atoms with Crippen molar-refractivity contribution in [2.45, 2.75) is 13.5 Å². The van der Waals surface area contributed by atoms with E-state index in [1.165, 1.54) is 4.90 Å². The molecular weight excluding hydrogens is 268 g/mol. The van der Waals surface area contributed by atoms with E-state index in [9.17, 15) is 4.79 Å². The normalized spacial score (nSPS) is 16.3. The molecule has 3 rings (SSSR count). The van der Waals surface area contributed by atoms with Gasteiger partial charge in [0.05, 0.1) is 32.8 Å². The van der Waals surface area contributed by atoms with Crippen LogP contribution in [0.2, 0.25) is 0 Å². The van der Waals surface area contributed by atoms with E-state index in [4.69, 9.17) is 4.74 Å². The molecular formula is C15H21N4O2+. The van der Waals surface area contributed by atoms with Gasteiger partial charge in [-0.25, -0.2) is 9.78 Å². The Balaban J connectivity index is 1.56. The number of fused-ring (bicyclic) bond motifs is 1. The number of piperazine rings is 1. The van der Waals surface area contributed by atoms with E-state index in [0.29, 0.717) is 6.61 Å². The third-order valence-corrected chi connectivity index (χ3v) is 3.84. The number of carbonyl (C=O) groups is 1. The van der Waals surface area contributed by atoms with Crippen molar-refractivity contribution in [3.63, 3.8) is 0 Å². The smallest absolute Gasteiger partial charge is 0.410 e. The molecule has 0 unspecified atom stereocenters. The van der Waals surface area contributed by atoms with Crippen LogP contribution >= 0.6 is 0 Å². The number of amides is 1. The van der Waals surface area contributed by atoms with Crippen LogP contribution in [0.5, 0.6) is 0 Å². The molecule has 0 aliphatic carbocycles. The average molecular weight is 289 g/mol. The molecule has 2 aromatic rings. The zero-order valence-corrected chi connectivity index (χ0v) is 12.3. The first kappa shape index (κ1) is 13.9. The summed E-state index contributed by atoms with van der Waals surface area (Å²) in [6.07, 6.45) is 3.91. The largest absolute Gasteiger partial charge is 0.450 e. The highest BCUT2D eigenvalue weighted by Crippen LogP contribution is 2.03. The van der Waals surface area contributed by atoms with Crippen molar-refractivity contribution in [1.29, 1.82) is 0 Å². The minimum absolute atomic E-state index is 0.190. The van der Waals surface area contributed by atoms with Gasteiger partial charge in [-0.2, -0.15) is 0 Å². The standard InChI is InChI=1S/C15H20N4O2/c1-2-21-15(20)18-9-7-17(8-10-18)11-13-12-19-6-4-3-5-14(19)16-13/h3-6,12H,2,7-11H2,1H3/p+1. The van der Waals surface area contributed by atoms with E-state index in [0.717, 1.165) is 44.1 Å². The molecule has 6 nitrogen and oxygen atoms in total. The minimum atomic E-state index is -0.190. The molecule has 0 spiro atoms. The Morgan fingerprint density at radius 3 is 2.90 bits per heavy atom. The monoisotopic (exact) mass is 289 g/mol. The Kier molecular flexibility index (Phi) is 4.06. The Labute approximate surface area is 123 Å². The van der Waals surface area contributed by atoms with Gasteiger partial charge in [0.25, 0.3) is 0 Å². The number of pyridine rings is 1. The molecule has 6 heteroatoms. The van der Waals surface area contributed by atoms with Gasteiger partial charge in [-0.05, 0) is 19.1 Å². The Hall–Kier alpha value is -2.08. The summed E-state index contributed by atoms with van der Waals surface area (Å²) in [5.74, 6) is 0. The van der Waals surface area contributed by atoms with E-state index in [1.807, 2.05) is 35.7 Å². The second kappa shape index (κ2) is 6.13. The maximum atomic E-state index is 11.7. The lowest BCUT2D eigenvalue weighted by atomic mass is 10.3. The number of hydrogen-bond donors (Lipinski definition) is 1. The van der Waals surface area contributed by atoms with Crippen LogP contribution in [0.25, 0.3) is 5.65 Å². The third kappa shape index (κ3) is 3.16. The second-order valence-corrected chi connectivity index (χ2v) is 5.31. The number of hydrogen-bond acceptors (Lipinski definition) is 3. The van der Waals surface area contributed by atoms with Gasteiger partial charge in [-0.3, -0.25) is 4.90 Å². The highest BCUT2D eigenvalue weighted by molar-refractivity contribution is 5.67. The van der Waals surface area contributed by atoms with E-state index in [1.54, 1.807) is 4.90 Å². The molecule has 1 saturated heterocycles. The summed E-state index contributed by atoms with van der Waals surface area (Å²) >= 11 is 0. The average Bonchev–Trinajstić information content (AvgIpc) is 2.90. The lowest BCUT2D eigenvalue weighted by Gasteiger charge is -2.31. The summed E-state index contributed by atoms with van der Waals surface area (Å²) in [5, 5.41) is 0. The van der Waals surface area contributed by atoms with Crippen molar-refractivity contribution >= 4 is 11.7 Å². The lowest BCUT2D eigenvalue weighted by Crippen LogP contribution is -3.13. The Bertz CT molecular complexity index is 584. The predicted octanol–water partition coefficient (Wildman–Crippen LogP) is 0.191. The number of imidazole rings is 1. The first-order valence-electron chi connectivity index (χ1n) is 7.44. The number of rotatable bonds is 3. The van der Waals surface area contributed by atoms with Crippen molar-refractivity contribution < 1.29 is 14.4 Å². The topological polar surface area (TPSA) is 51.3 Å². The van der Waals surface area contributed by atoms with Gasteiger partial charge in [0.15, 0.2) is 0 Å². The van der Waals surface area contributed by atoms with Gasteiger partial charge >= 0.3 is 6.09 Å². The molecule has 0 aromatic carbocycles. The maximum absolute atomic E-state index is 11.7. The number of carbonyl (C=O) groups excluding carboxylic acids is 1. The van der Waals surface area contributed by atoms with Crippen LogP contribution in [-0.2, 0) is 11.3 Å². The van der Waals surface area contributed by atoms with Gasteiger partial charge < -0.3 is 14.0 Å². The van der Waals surface area contributed by atoms with Gasteiger partial charge in [-0.15, -0.1) is 0 Å². The van der Waals surface area contributed by atoms with Crippen molar-refractivity contribution in [2.75, 3.05) is 32.8 Å². The molecule has 1 aliphatic rings. The van der Waals surface area contributed by atoms with Gasteiger partial charge in [-0.1, -0.05) is 6.07 Å². The van der Waals surface area contributed by atoms with Crippen LogP contribution in [0, 0.1) is 0 Å². The van der Waals surface area contributed by atoms with E-state index in [2.05, 4.69) is 11.2 Å². The fourth-order valence-electron chi connectivity index (χ4n) is 2.73. The molecule has 1 amide bonds. The third-order valence-electron chi connectivity index (χ3n) is 3.84. The van der Waals surface area contributed by atoms with E-state index < -0.39 is 0 Å². The summed E-state index contributed by atoms with van der Waals surface area (Å²) < 4.78 is 7.08. The van der Waals surface area contributed by atoms with Gasteiger partial charge in [0, 0.05) is 12.4 Å². The zero-order valence-electron chi connectivity index (χ0n) is 12.3. The number of ether oxygens (including phenoxy) is 1. The highest BCUT2D eigenvalue weighted by atomic mass is 16.6. The molecule has 0 bridgehead atoms. The second-order valence-electron chi connectivity index (χ2n) is 5.31. The summed E-state index contributed by atoms with van der Waals surface area (Å²) in [6.45, 7) is 6.55. The van der Waals surface area contributed by atoms with Crippen LogP contribution in [-0.4, -0.2) is 53.2 Å². The maximum Gasteiger partial charge on any atom is 0.410 e. The molecule has 0 radical (unpaired) electrons. The summed E-state index contributed by atoms with van der Waals surface area (Å²) in [5.41, 5.74) is 2.08. The number of nitrogens with zero attached hydrogens (tertiary/aromatic N) is 3. The number of aromatic nitrogens is 2. The Morgan fingerprint density at radius 2 is 2.19 bits per heavy atom. The fourth-order valence-corrected chi connectivity index (χ4v) is 2.73. The van der Waals surface area contributed by atoms with Crippen LogP contribution in [0.1, 0.15) is 12.6 Å². The number of quaternary nitrogens is 1. The van der Waals surface area contributed by atoms with E-state index in [-0.39, 0.29) is 6.09 Å². The zero-order chi connectivity index (χ0) is 14.7. The SMILES string of the molecule is CCOC(=O)N1CC[NH+](Cc2cn3ccccc3n2)CC1. The van der Waals surface area contributed by atoms with Crippen LogP contribution in [0.3, 0.4) is 0 Å². The van der Waals surface area contributed by atoms with Crippen LogP contribution in [0.4, 0.5) is 4.79 Å². The first-order valence-corrected chi connectivity index (χ1v) is 7.44. The molecule has 21 heavy (non-hydrogen) atoms. The van der Waals surface area contributed by atoms with Crippen molar-refractivity contribution in [1.82, 2.24) is 14.3 Å². The molecule has 1 aliphatic heterocycles. The molecule has 0 atom stereocenters. The van der Waals surface area contributed by atoms with E-state index >= 15 is 0 Å².